The molecule has 0 aromatic carbocycles. The summed E-state index contributed by atoms with van der Waals surface area (Å²) < 4.78 is 7.64. The smallest absolute Gasteiger partial charge is 0.222 e. The zero-order valence-corrected chi connectivity index (χ0v) is 15.1. The molecule has 1 atom stereocenters. The number of ether oxygens (including phenoxy) is 1. The molecule has 1 aliphatic heterocycles. The Balaban J connectivity index is 1.53. The number of nitrogens with one attached hydrogen (secondary N) is 1. The van der Waals surface area contributed by atoms with Crippen molar-refractivity contribution in [2.24, 2.45) is 0 Å². The van der Waals surface area contributed by atoms with Crippen molar-refractivity contribution < 1.29 is 9.53 Å². The van der Waals surface area contributed by atoms with Crippen LogP contribution in [0.25, 0.3) is 0 Å². The third-order valence-electron chi connectivity index (χ3n) is 4.23. The molecule has 0 aliphatic carbocycles. The van der Waals surface area contributed by atoms with E-state index >= 15 is 0 Å². The third kappa shape index (κ3) is 4.45. The van der Waals surface area contributed by atoms with Crippen molar-refractivity contribution in [3.05, 3.63) is 30.1 Å². The molecular formula is C17H26N6O2. The summed E-state index contributed by atoms with van der Waals surface area (Å²) in [4.78, 5) is 18.9. The molecule has 0 unspecified atom stereocenters. The van der Waals surface area contributed by atoms with Crippen molar-refractivity contribution in [3.8, 4) is 0 Å². The minimum Gasteiger partial charge on any atom is -0.367 e. The van der Waals surface area contributed by atoms with E-state index in [1.54, 1.807) is 6.20 Å². The standard InChI is InChI=1S/C17H26N6O2/c1-17(2,3)16-19-15(20-21-16)13-12-22(10-11-25-13)14(24)6-4-8-23-9-5-7-18-23/h5,7,9,13H,4,6,8,10-12H2,1-3H3,(H,19,20,21)/t13-/m0/s1. The summed E-state index contributed by atoms with van der Waals surface area (Å²) in [5.41, 5.74) is -0.120. The van der Waals surface area contributed by atoms with Crippen LogP contribution in [0.3, 0.4) is 0 Å². The Bertz CT molecular complexity index is 688. The average Bonchev–Trinajstić information content (AvgIpc) is 3.26. The summed E-state index contributed by atoms with van der Waals surface area (Å²) in [6.45, 7) is 8.60. The maximum Gasteiger partial charge on any atom is 0.222 e. The van der Waals surface area contributed by atoms with Gasteiger partial charge in [0.1, 0.15) is 6.10 Å². The molecule has 8 heteroatoms. The average molecular weight is 346 g/mol. The number of hydrogen-bond acceptors (Lipinski definition) is 5. The normalized spacial score (nSPS) is 18.5. The number of aromatic nitrogens is 5. The van der Waals surface area contributed by atoms with Crippen LogP contribution >= 0.6 is 0 Å². The molecule has 0 bridgehead atoms. The molecule has 2 aromatic rings. The van der Waals surface area contributed by atoms with Gasteiger partial charge in [0, 0.05) is 37.3 Å². The Hall–Kier alpha value is -2.22. The molecule has 136 valence electrons. The first-order valence-electron chi connectivity index (χ1n) is 8.73. The molecule has 1 fully saturated rings. The fraction of sp³-hybridized carbons (Fsp3) is 0.647. The first-order valence-corrected chi connectivity index (χ1v) is 8.73. The van der Waals surface area contributed by atoms with Gasteiger partial charge in [-0.05, 0) is 12.5 Å². The van der Waals surface area contributed by atoms with Gasteiger partial charge in [0.05, 0.1) is 13.2 Å². The highest BCUT2D eigenvalue weighted by molar-refractivity contribution is 5.76. The molecule has 2 aromatic heterocycles. The predicted molar refractivity (Wildman–Crippen MR) is 91.8 cm³/mol. The zero-order valence-electron chi connectivity index (χ0n) is 15.1. The Morgan fingerprint density at radius 1 is 1.44 bits per heavy atom. The quantitative estimate of drug-likeness (QED) is 0.890. The van der Waals surface area contributed by atoms with Crippen LogP contribution in [-0.2, 0) is 21.5 Å². The number of amides is 1. The van der Waals surface area contributed by atoms with E-state index in [1.165, 1.54) is 0 Å². The SMILES string of the molecule is CC(C)(C)c1n[nH]c([C@@H]2CN(C(=O)CCCn3cccn3)CCO2)n1. The summed E-state index contributed by atoms with van der Waals surface area (Å²) in [5.74, 6) is 1.60. The molecule has 0 spiro atoms. The topological polar surface area (TPSA) is 88.9 Å². The third-order valence-corrected chi connectivity index (χ3v) is 4.23. The van der Waals surface area contributed by atoms with Gasteiger partial charge in [-0.25, -0.2) is 4.98 Å². The summed E-state index contributed by atoms with van der Waals surface area (Å²) >= 11 is 0. The molecular weight excluding hydrogens is 320 g/mol. The number of aryl methyl sites for hydroxylation is 1. The van der Waals surface area contributed by atoms with Crippen LogP contribution in [0.4, 0.5) is 0 Å². The van der Waals surface area contributed by atoms with E-state index in [0.29, 0.717) is 31.9 Å². The number of aromatic amines is 1. The lowest BCUT2D eigenvalue weighted by molar-refractivity contribution is -0.139. The highest BCUT2D eigenvalue weighted by Gasteiger charge is 2.29. The molecule has 1 N–H and O–H groups in total. The van der Waals surface area contributed by atoms with Crippen molar-refractivity contribution in [1.82, 2.24) is 29.9 Å². The first kappa shape index (κ1) is 17.6. The van der Waals surface area contributed by atoms with Crippen LogP contribution in [0.2, 0.25) is 0 Å². The van der Waals surface area contributed by atoms with Gasteiger partial charge < -0.3 is 9.64 Å². The number of H-pyrrole nitrogens is 1. The molecule has 1 amide bonds. The number of nitrogens with zero attached hydrogens (tertiary/aromatic N) is 5. The van der Waals surface area contributed by atoms with Gasteiger partial charge in [-0.15, -0.1) is 0 Å². The maximum atomic E-state index is 12.5. The number of carbonyl (C=O) groups excluding carboxylic acids is 1. The first-order chi connectivity index (χ1) is 11.9. The largest absolute Gasteiger partial charge is 0.367 e. The van der Waals surface area contributed by atoms with Crippen LogP contribution in [0.15, 0.2) is 18.5 Å². The van der Waals surface area contributed by atoms with Gasteiger partial charge in [0.2, 0.25) is 5.91 Å². The Morgan fingerprint density at radius 2 is 2.28 bits per heavy atom. The minimum atomic E-state index is -0.243. The fourth-order valence-electron chi connectivity index (χ4n) is 2.78. The van der Waals surface area contributed by atoms with E-state index in [9.17, 15) is 4.79 Å². The Labute approximate surface area is 147 Å². The second kappa shape index (κ2) is 7.35. The van der Waals surface area contributed by atoms with Gasteiger partial charge in [0.15, 0.2) is 11.6 Å². The lowest BCUT2D eigenvalue weighted by Crippen LogP contribution is -2.42. The maximum absolute atomic E-state index is 12.5. The molecule has 3 rings (SSSR count). The predicted octanol–water partition coefficient (Wildman–Crippen LogP) is 1.68. The van der Waals surface area contributed by atoms with Gasteiger partial charge in [-0.2, -0.15) is 10.2 Å². The van der Waals surface area contributed by atoms with Crippen molar-refractivity contribution >= 4 is 5.91 Å². The fourth-order valence-corrected chi connectivity index (χ4v) is 2.78. The van der Waals surface area contributed by atoms with Gasteiger partial charge in [0.25, 0.3) is 0 Å². The van der Waals surface area contributed by atoms with E-state index < -0.39 is 0 Å². The summed E-state index contributed by atoms with van der Waals surface area (Å²) in [6.07, 6.45) is 4.70. The zero-order chi connectivity index (χ0) is 17.9. The number of rotatable bonds is 5. The molecule has 8 nitrogen and oxygen atoms in total. The van der Waals surface area contributed by atoms with E-state index in [1.807, 2.05) is 21.8 Å². The second-order valence-electron chi connectivity index (χ2n) is 7.37. The van der Waals surface area contributed by atoms with E-state index in [4.69, 9.17) is 4.74 Å². The summed E-state index contributed by atoms with van der Waals surface area (Å²) in [7, 11) is 0. The Kier molecular flexibility index (Phi) is 5.17. The molecule has 3 heterocycles. The molecule has 0 saturated carbocycles. The van der Waals surface area contributed by atoms with Gasteiger partial charge in [-0.1, -0.05) is 20.8 Å². The Morgan fingerprint density at radius 3 is 2.96 bits per heavy atom. The van der Waals surface area contributed by atoms with Crippen molar-refractivity contribution in [1.29, 1.82) is 0 Å². The highest BCUT2D eigenvalue weighted by Crippen LogP contribution is 2.23. The molecule has 0 radical (unpaired) electrons. The van der Waals surface area contributed by atoms with Crippen molar-refractivity contribution in [2.75, 3.05) is 19.7 Å². The van der Waals surface area contributed by atoms with Crippen LogP contribution < -0.4 is 0 Å². The van der Waals surface area contributed by atoms with E-state index in [0.717, 1.165) is 18.8 Å². The van der Waals surface area contributed by atoms with Gasteiger partial charge in [-0.3, -0.25) is 14.6 Å². The second-order valence-corrected chi connectivity index (χ2v) is 7.37. The number of hydrogen-bond donors (Lipinski definition) is 1. The van der Waals surface area contributed by atoms with Crippen molar-refractivity contribution in [3.63, 3.8) is 0 Å². The monoisotopic (exact) mass is 346 g/mol. The highest BCUT2D eigenvalue weighted by atomic mass is 16.5. The van der Waals surface area contributed by atoms with Crippen LogP contribution in [0, 0.1) is 0 Å². The number of carbonyl (C=O) groups is 1. The van der Waals surface area contributed by atoms with E-state index in [2.05, 4.69) is 41.1 Å². The van der Waals surface area contributed by atoms with Gasteiger partial charge >= 0.3 is 0 Å². The summed E-state index contributed by atoms with van der Waals surface area (Å²) in [6, 6.07) is 1.89. The lowest BCUT2D eigenvalue weighted by atomic mass is 9.96. The molecule has 1 aliphatic rings. The molecule has 25 heavy (non-hydrogen) atoms. The van der Waals surface area contributed by atoms with E-state index in [-0.39, 0.29) is 17.4 Å². The molecule has 1 saturated heterocycles. The minimum absolute atomic E-state index is 0.120. The number of morpholine rings is 1. The van der Waals surface area contributed by atoms with Crippen LogP contribution in [0.1, 0.15) is 51.4 Å². The summed E-state index contributed by atoms with van der Waals surface area (Å²) in [5, 5.41) is 11.4. The van der Waals surface area contributed by atoms with Crippen LogP contribution in [-0.4, -0.2) is 55.5 Å². The van der Waals surface area contributed by atoms with Crippen LogP contribution in [0.5, 0.6) is 0 Å². The van der Waals surface area contributed by atoms with Crippen molar-refractivity contribution in [2.45, 2.75) is 51.7 Å². The lowest BCUT2D eigenvalue weighted by Gasteiger charge is -2.32.